The number of esters is 1. The highest BCUT2D eigenvalue weighted by Crippen LogP contribution is 2.42. The van der Waals surface area contributed by atoms with Crippen LogP contribution in [-0.2, 0) is 9.53 Å². The van der Waals surface area contributed by atoms with Crippen LogP contribution in [0.5, 0.6) is 11.5 Å². The van der Waals surface area contributed by atoms with E-state index in [9.17, 15) is 4.79 Å². The summed E-state index contributed by atoms with van der Waals surface area (Å²) in [5.74, 6) is 1.28. The molecule has 2 heterocycles. The number of anilines is 1. The summed E-state index contributed by atoms with van der Waals surface area (Å²) in [4.78, 5) is 17.0. The van der Waals surface area contributed by atoms with Crippen molar-refractivity contribution in [3.05, 3.63) is 39.8 Å². The van der Waals surface area contributed by atoms with E-state index in [1.807, 2.05) is 26.0 Å². The standard InChI is InChI=1S/C18H21BrN4O4/c1-5-6-27-17(24)14-10(2)22-18-20-9-21-23(18)15(14)11-7-12(19)16(26-4)13(8-11)25-3/h7-9,15H,5-6H2,1-4H3,(H,20,21,22)/t15-/m0/s1. The number of hydrogen-bond acceptors (Lipinski definition) is 7. The molecule has 9 heteroatoms. The maximum absolute atomic E-state index is 12.8. The first-order valence-electron chi connectivity index (χ1n) is 8.47. The monoisotopic (exact) mass is 436 g/mol. The molecule has 3 rings (SSSR count). The summed E-state index contributed by atoms with van der Waals surface area (Å²) in [6.07, 6.45) is 2.19. The molecule has 0 radical (unpaired) electrons. The van der Waals surface area contributed by atoms with Gasteiger partial charge in [-0.1, -0.05) is 6.92 Å². The fourth-order valence-electron chi connectivity index (χ4n) is 3.03. The molecule has 1 aromatic carbocycles. The number of rotatable bonds is 6. The molecule has 27 heavy (non-hydrogen) atoms. The molecule has 0 spiro atoms. The fourth-order valence-corrected chi connectivity index (χ4v) is 3.65. The van der Waals surface area contributed by atoms with E-state index < -0.39 is 6.04 Å². The molecular weight excluding hydrogens is 416 g/mol. The van der Waals surface area contributed by atoms with Crippen molar-refractivity contribution < 1.29 is 19.0 Å². The molecule has 1 aliphatic rings. The third-order valence-corrected chi connectivity index (χ3v) is 4.81. The third-order valence-electron chi connectivity index (χ3n) is 4.22. The minimum atomic E-state index is -0.510. The van der Waals surface area contributed by atoms with Gasteiger partial charge in [0.25, 0.3) is 0 Å². The molecule has 0 fully saturated rings. The van der Waals surface area contributed by atoms with Gasteiger partial charge in [0.2, 0.25) is 5.95 Å². The first kappa shape index (κ1) is 19.2. The van der Waals surface area contributed by atoms with Gasteiger partial charge < -0.3 is 19.5 Å². The lowest BCUT2D eigenvalue weighted by Gasteiger charge is -2.28. The molecule has 8 nitrogen and oxygen atoms in total. The second-order valence-corrected chi connectivity index (χ2v) is 6.82. The van der Waals surface area contributed by atoms with Crippen molar-refractivity contribution in [1.29, 1.82) is 0 Å². The quantitative estimate of drug-likeness (QED) is 0.694. The Morgan fingerprint density at radius 3 is 2.78 bits per heavy atom. The minimum absolute atomic E-state index is 0.349. The Morgan fingerprint density at radius 1 is 1.33 bits per heavy atom. The van der Waals surface area contributed by atoms with Crippen molar-refractivity contribution in [2.75, 3.05) is 26.1 Å². The van der Waals surface area contributed by atoms with Crippen molar-refractivity contribution in [3.63, 3.8) is 0 Å². The number of hydrogen-bond donors (Lipinski definition) is 1. The van der Waals surface area contributed by atoms with Crippen LogP contribution in [0.4, 0.5) is 5.95 Å². The van der Waals surface area contributed by atoms with Crippen LogP contribution in [0.1, 0.15) is 31.9 Å². The van der Waals surface area contributed by atoms with Gasteiger partial charge in [0.15, 0.2) is 11.5 Å². The largest absolute Gasteiger partial charge is 0.493 e. The molecule has 0 bridgehead atoms. The van der Waals surface area contributed by atoms with E-state index in [2.05, 4.69) is 31.3 Å². The van der Waals surface area contributed by atoms with Gasteiger partial charge in [-0.05, 0) is 47.0 Å². The van der Waals surface area contributed by atoms with Crippen LogP contribution in [0.2, 0.25) is 0 Å². The lowest BCUT2D eigenvalue weighted by Crippen LogP contribution is -2.29. The zero-order valence-corrected chi connectivity index (χ0v) is 17.2. The van der Waals surface area contributed by atoms with Crippen molar-refractivity contribution in [2.45, 2.75) is 26.3 Å². The zero-order chi connectivity index (χ0) is 19.6. The van der Waals surface area contributed by atoms with Crippen LogP contribution in [0, 0.1) is 0 Å². The molecule has 0 aliphatic carbocycles. The molecule has 1 atom stereocenters. The molecular formula is C18H21BrN4O4. The maximum atomic E-state index is 12.8. The van der Waals surface area contributed by atoms with Crippen LogP contribution in [0.15, 0.2) is 34.2 Å². The lowest BCUT2D eigenvalue weighted by atomic mass is 9.95. The van der Waals surface area contributed by atoms with E-state index in [0.717, 1.165) is 12.0 Å². The van der Waals surface area contributed by atoms with Crippen LogP contribution >= 0.6 is 15.9 Å². The predicted octanol–water partition coefficient (Wildman–Crippen LogP) is 3.30. The Bertz CT molecular complexity index is 893. The third kappa shape index (κ3) is 3.51. The molecule has 144 valence electrons. The Kier molecular flexibility index (Phi) is 5.69. The van der Waals surface area contributed by atoms with Crippen molar-refractivity contribution in [3.8, 4) is 11.5 Å². The number of methoxy groups -OCH3 is 2. The first-order chi connectivity index (χ1) is 13.0. The number of halogens is 1. The van der Waals surface area contributed by atoms with Crippen LogP contribution < -0.4 is 14.8 Å². The summed E-state index contributed by atoms with van der Waals surface area (Å²) in [5.41, 5.74) is 1.93. The van der Waals surface area contributed by atoms with E-state index in [-0.39, 0.29) is 5.97 Å². The van der Waals surface area contributed by atoms with Crippen LogP contribution in [0.25, 0.3) is 0 Å². The zero-order valence-electron chi connectivity index (χ0n) is 15.6. The SMILES string of the molecule is CCCOC(=O)C1=C(C)Nc2ncnn2[C@H]1c1cc(Br)c(OC)c(OC)c1. The molecule has 0 saturated carbocycles. The van der Waals surface area contributed by atoms with E-state index in [4.69, 9.17) is 14.2 Å². The number of ether oxygens (including phenoxy) is 3. The number of nitrogens with one attached hydrogen (secondary N) is 1. The number of aromatic nitrogens is 3. The van der Waals surface area contributed by atoms with Crippen molar-refractivity contribution in [2.24, 2.45) is 0 Å². The number of nitrogens with zero attached hydrogens (tertiary/aromatic N) is 3. The van der Waals surface area contributed by atoms with Gasteiger partial charge in [0, 0.05) is 5.70 Å². The van der Waals surface area contributed by atoms with Crippen molar-refractivity contribution >= 4 is 27.8 Å². The molecule has 2 aromatic rings. The molecule has 1 aliphatic heterocycles. The summed E-state index contributed by atoms with van der Waals surface area (Å²) >= 11 is 3.51. The number of allylic oxidation sites excluding steroid dienone is 1. The van der Waals surface area contributed by atoms with E-state index in [0.29, 0.717) is 39.8 Å². The number of carbonyl (C=O) groups excluding carboxylic acids is 1. The molecule has 1 N–H and O–H groups in total. The second kappa shape index (κ2) is 7.99. The lowest BCUT2D eigenvalue weighted by molar-refractivity contribution is -0.139. The summed E-state index contributed by atoms with van der Waals surface area (Å²) in [6.45, 7) is 4.12. The predicted molar refractivity (Wildman–Crippen MR) is 103 cm³/mol. The molecule has 0 unspecified atom stereocenters. The summed E-state index contributed by atoms with van der Waals surface area (Å²) in [7, 11) is 3.13. The summed E-state index contributed by atoms with van der Waals surface area (Å²) < 4.78 is 18.6. The van der Waals surface area contributed by atoms with Gasteiger partial charge in [-0.3, -0.25) is 0 Å². The Balaban J connectivity index is 2.15. The highest BCUT2D eigenvalue weighted by atomic mass is 79.9. The Labute approximate surface area is 165 Å². The van der Waals surface area contributed by atoms with Crippen LogP contribution in [-0.4, -0.2) is 41.6 Å². The highest BCUT2D eigenvalue weighted by molar-refractivity contribution is 9.10. The Hall–Kier alpha value is -2.55. The maximum Gasteiger partial charge on any atom is 0.338 e. The average Bonchev–Trinajstić information content (AvgIpc) is 3.12. The van der Waals surface area contributed by atoms with Crippen LogP contribution in [0.3, 0.4) is 0 Å². The smallest absolute Gasteiger partial charge is 0.338 e. The van der Waals surface area contributed by atoms with Gasteiger partial charge in [-0.2, -0.15) is 10.1 Å². The summed E-state index contributed by atoms with van der Waals surface area (Å²) in [5, 5.41) is 7.42. The first-order valence-corrected chi connectivity index (χ1v) is 9.26. The van der Waals surface area contributed by atoms with E-state index in [1.54, 1.807) is 18.9 Å². The summed E-state index contributed by atoms with van der Waals surface area (Å²) in [6, 6.07) is 3.19. The van der Waals surface area contributed by atoms with Gasteiger partial charge in [0.05, 0.1) is 30.9 Å². The number of carbonyl (C=O) groups is 1. The minimum Gasteiger partial charge on any atom is -0.493 e. The highest BCUT2D eigenvalue weighted by Gasteiger charge is 2.35. The molecule has 0 amide bonds. The topological polar surface area (TPSA) is 87.5 Å². The Morgan fingerprint density at radius 2 is 2.11 bits per heavy atom. The van der Waals surface area contributed by atoms with E-state index >= 15 is 0 Å². The molecule has 1 aromatic heterocycles. The second-order valence-electron chi connectivity index (χ2n) is 5.97. The normalized spacial score (nSPS) is 15.8. The number of benzene rings is 1. The van der Waals surface area contributed by atoms with Gasteiger partial charge in [-0.15, -0.1) is 0 Å². The van der Waals surface area contributed by atoms with E-state index in [1.165, 1.54) is 6.33 Å². The average molecular weight is 437 g/mol. The fraction of sp³-hybridized carbons (Fsp3) is 0.389. The van der Waals surface area contributed by atoms with Gasteiger partial charge in [0.1, 0.15) is 12.4 Å². The molecule has 0 saturated heterocycles. The van der Waals surface area contributed by atoms with Gasteiger partial charge in [-0.25, -0.2) is 9.48 Å². The van der Waals surface area contributed by atoms with Gasteiger partial charge >= 0.3 is 5.97 Å². The van der Waals surface area contributed by atoms with Crippen molar-refractivity contribution in [1.82, 2.24) is 14.8 Å². The number of fused-ring (bicyclic) bond motifs is 1.